The van der Waals surface area contributed by atoms with Gasteiger partial charge in [0.15, 0.2) is 0 Å². The van der Waals surface area contributed by atoms with Crippen molar-refractivity contribution in [3.8, 4) is 0 Å². The van der Waals surface area contributed by atoms with E-state index in [0.29, 0.717) is 18.0 Å². The maximum absolute atomic E-state index is 11.9. The van der Waals surface area contributed by atoms with Crippen LogP contribution in [0.4, 0.5) is 11.4 Å². The second-order valence-electron chi connectivity index (χ2n) is 5.06. The second kappa shape index (κ2) is 7.14. The first kappa shape index (κ1) is 15.4. The Balaban J connectivity index is 1.81. The molecular formula is C17H19ClN2O. The number of anilines is 2. The van der Waals surface area contributed by atoms with Gasteiger partial charge >= 0.3 is 0 Å². The van der Waals surface area contributed by atoms with E-state index in [9.17, 15) is 4.79 Å². The summed E-state index contributed by atoms with van der Waals surface area (Å²) in [4.78, 5) is 11.9. The van der Waals surface area contributed by atoms with Crippen molar-refractivity contribution in [1.82, 2.24) is 0 Å². The van der Waals surface area contributed by atoms with Crippen molar-refractivity contribution in [2.45, 2.75) is 20.3 Å². The number of aryl methyl sites for hydroxylation is 2. The Morgan fingerprint density at radius 2 is 1.90 bits per heavy atom. The Morgan fingerprint density at radius 3 is 2.62 bits per heavy atom. The van der Waals surface area contributed by atoms with Gasteiger partial charge in [-0.1, -0.05) is 29.8 Å². The summed E-state index contributed by atoms with van der Waals surface area (Å²) in [6.45, 7) is 4.56. The lowest BCUT2D eigenvalue weighted by atomic mass is 10.2. The molecule has 2 aromatic carbocycles. The number of nitrogens with one attached hydrogen (secondary N) is 2. The standard InChI is InChI=1S/C17H19ClN2O/c1-12-4-3-5-14(10-12)19-9-8-17(21)20-15-7-6-13(2)16(18)11-15/h3-7,10-11,19H,8-9H2,1-2H3,(H,20,21). The highest BCUT2D eigenvalue weighted by Gasteiger charge is 2.04. The number of halogens is 1. The number of amides is 1. The number of rotatable bonds is 5. The van der Waals surface area contributed by atoms with Gasteiger partial charge < -0.3 is 10.6 Å². The monoisotopic (exact) mass is 302 g/mol. The van der Waals surface area contributed by atoms with Crippen LogP contribution in [0.25, 0.3) is 0 Å². The van der Waals surface area contributed by atoms with Crippen LogP contribution in [0.15, 0.2) is 42.5 Å². The van der Waals surface area contributed by atoms with Gasteiger partial charge in [-0.15, -0.1) is 0 Å². The van der Waals surface area contributed by atoms with Crippen LogP contribution in [0.1, 0.15) is 17.5 Å². The molecule has 110 valence electrons. The van der Waals surface area contributed by atoms with Crippen molar-refractivity contribution < 1.29 is 4.79 Å². The van der Waals surface area contributed by atoms with E-state index in [-0.39, 0.29) is 5.91 Å². The van der Waals surface area contributed by atoms with Crippen LogP contribution in [-0.2, 0) is 4.79 Å². The maximum Gasteiger partial charge on any atom is 0.226 e. The summed E-state index contributed by atoms with van der Waals surface area (Å²) in [7, 11) is 0. The van der Waals surface area contributed by atoms with Crippen LogP contribution in [0.2, 0.25) is 5.02 Å². The molecule has 3 nitrogen and oxygen atoms in total. The summed E-state index contributed by atoms with van der Waals surface area (Å²) in [6.07, 6.45) is 0.402. The molecule has 0 atom stereocenters. The number of carbonyl (C=O) groups is 1. The van der Waals surface area contributed by atoms with E-state index in [2.05, 4.69) is 16.7 Å². The molecule has 0 heterocycles. The lowest BCUT2D eigenvalue weighted by molar-refractivity contribution is -0.115. The Labute approximate surface area is 130 Å². The predicted octanol–water partition coefficient (Wildman–Crippen LogP) is 4.40. The smallest absolute Gasteiger partial charge is 0.226 e. The molecule has 0 aliphatic carbocycles. The van der Waals surface area contributed by atoms with E-state index in [0.717, 1.165) is 16.9 Å². The van der Waals surface area contributed by atoms with Gasteiger partial charge in [-0.05, 0) is 49.2 Å². The molecule has 4 heteroatoms. The fraction of sp³-hybridized carbons (Fsp3) is 0.235. The van der Waals surface area contributed by atoms with Crippen LogP contribution >= 0.6 is 11.6 Å². The molecule has 2 aromatic rings. The molecule has 0 unspecified atom stereocenters. The Morgan fingerprint density at radius 1 is 1.10 bits per heavy atom. The zero-order chi connectivity index (χ0) is 15.2. The molecule has 0 saturated carbocycles. The highest BCUT2D eigenvalue weighted by Crippen LogP contribution is 2.20. The van der Waals surface area contributed by atoms with Crippen molar-refractivity contribution >= 4 is 28.9 Å². The molecule has 2 N–H and O–H groups in total. The number of hydrogen-bond donors (Lipinski definition) is 2. The van der Waals surface area contributed by atoms with E-state index in [4.69, 9.17) is 11.6 Å². The minimum atomic E-state index is -0.0323. The first-order chi connectivity index (χ1) is 10.0. The molecule has 2 rings (SSSR count). The molecule has 0 saturated heterocycles. The molecule has 0 aromatic heterocycles. The quantitative estimate of drug-likeness (QED) is 0.859. The zero-order valence-electron chi connectivity index (χ0n) is 12.2. The van der Waals surface area contributed by atoms with Crippen LogP contribution in [0.3, 0.4) is 0 Å². The Kier molecular flexibility index (Phi) is 5.23. The SMILES string of the molecule is Cc1cccc(NCCC(=O)Nc2ccc(C)c(Cl)c2)c1. The first-order valence-corrected chi connectivity index (χ1v) is 7.29. The molecule has 21 heavy (non-hydrogen) atoms. The molecule has 0 spiro atoms. The third-order valence-electron chi connectivity index (χ3n) is 3.15. The van der Waals surface area contributed by atoms with E-state index in [1.54, 1.807) is 6.07 Å². The van der Waals surface area contributed by atoms with Gasteiger partial charge in [-0.2, -0.15) is 0 Å². The fourth-order valence-corrected chi connectivity index (χ4v) is 2.15. The Bertz CT molecular complexity index is 640. The molecule has 0 aliphatic rings. The minimum Gasteiger partial charge on any atom is -0.385 e. The van der Waals surface area contributed by atoms with Gasteiger partial charge in [0.2, 0.25) is 5.91 Å². The largest absolute Gasteiger partial charge is 0.385 e. The summed E-state index contributed by atoms with van der Waals surface area (Å²) in [6, 6.07) is 13.6. The van der Waals surface area contributed by atoms with Crippen LogP contribution in [-0.4, -0.2) is 12.5 Å². The zero-order valence-corrected chi connectivity index (χ0v) is 13.0. The average molecular weight is 303 g/mol. The Hall–Kier alpha value is -2.00. The van der Waals surface area contributed by atoms with E-state index in [1.165, 1.54) is 5.56 Å². The first-order valence-electron chi connectivity index (χ1n) is 6.91. The summed E-state index contributed by atoms with van der Waals surface area (Å²) in [5.41, 5.74) is 3.95. The van der Waals surface area contributed by atoms with Gasteiger partial charge in [0.25, 0.3) is 0 Å². The van der Waals surface area contributed by atoms with Crippen molar-refractivity contribution in [1.29, 1.82) is 0 Å². The third kappa shape index (κ3) is 4.80. The number of benzene rings is 2. The molecule has 1 amide bonds. The highest BCUT2D eigenvalue weighted by atomic mass is 35.5. The van der Waals surface area contributed by atoms with Crippen molar-refractivity contribution in [3.63, 3.8) is 0 Å². The van der Waals surface area contributed by atoms with Gasteiger partial charge in [-0.3, -0.25) is 4.79 Å². The van der Waals surface area contributed by atoms with Gasteiger partial charge in [-0.25, -0.2) is 0 Å². The summed E-state index contributed by atoms with van der Waals surface area (Å²) in [5.74, 6) is -0.0323. The van der Waals surface area contributed by atoms with Crippen LogP contribution in [0, 0.1) is 13.8 Å². The van der Waals surface area contributed by atoms with Gasteiger partial charge in [0, 0.05) is 29.4 Å². The van der Waals surface area contributed by atoms with Crippen molar-refractivity contribution in [2.75, 3.05) is 17.2 Å². The third-order valence-corrected chi connectivity index (χ3v) is 3.56. The van der Waals surface area contributed by atoms with E-state index < -0.39 is 0 Å². The molecule has 0 fully saturated rings. The number of hydrogen-bond acceptors (Lipinski definition) is 2. The molecule has 0 radical (unpaired) electrons. The van der Waals surface area contributed by atoms with Crippen LogP contribution < -0.4 is 10.6 Å². The normalized spacial score (nSPS) is 10.2. The van der Waals surface area contributed by atoms with Crippen LogP contribution in [0.5, 0.6) is 0 Å². The topological polar surface area (TPSA) is 41.1 Å². The van der Waals surface area contributed by atoms with E-state index in [1.807, 2.05) is 44.2 Å². The molecule has 0 bridgehead atoms. The minimum absolute atomic E-state index is 0.0323. The summed E-state index contributed by atoms with van der Waals surface area (Å²) >= 11 is 6.03. The lowest BCUT2D eigenvalue weighted by Gasteiger charge is -2.09. The fourth-order valence-electron chi connectivity index (χ4n) is 1.97. The highest BCUT2D eigenvalue weighted by molar-refractivity contribution is 6.31. The van der Waals surface area contributed by atoms with Crippen molar-refractivity contribution in [2.24, 2.45) is 0 Å². The molecule has 0 aliphatic heterocycles. The average Bonchev–Trinajstić information content (AvgIpc) is 2.43. The number of carbonyl (C=O) groups excluding carboxylic acids is 1. The lowest BCUT2D eigenvalue weighted by Crippen LogP contribution is -2.16. The summed E-state index contributed by atoms with van der Waals surface area (Å²) in [5, 5.41) is 6.74. The molecular weight excluding hydrogens is 284 g/mol. The maximum atomic E-state index is 11.9. The second-order valence-corrected chi connectivity index (χ2v) is 5.47. The van der Waals surface area contributed by atoms with E-state index >= 15 is 0 Å². The van der Waals surface area contributed by atoms with Gasteiger partial charge in [0.05, 0.1) is 0 Å². The predicted molar refractivity (Wildman–Crippen MR) is 89.1 cm³/mol. The van der Waals surface area contributed by atoms with Gasteiger partial charge in [0.1, 0.15) is 0 Å². The summed E-state index contributed by atoms with van der Waals surface area (Å²) < 4.78 is 0. The van der Waals surface area contributed by atoms with Crippen molar-refractivity contribution in [3.05, 3.63) is 58.6 Å².